The summed E-state index contributed by atoms with van der Waals surface area (Å²) in [5, 5.41) is 20.3. The summed E-state index contributed by atoms with van der Waals surface area (Å²) in [6.45, 7) is 7.25. The van der Waals surface area contributed by atoms with E-state index in [1.807, 2.05) is 12.1 Å². The molecular formula is C36H32Br2N6O8S5. The Hall–Kier alpha value is -3.18. The molecule has 10 atom stereocenters. The third kappa shape index (κ3) is 4.27. The van der Waals surface area contributed by atoms with Crippen LogP contribution in [0.2, 0.25) is 0 Å². The van der Waals surface area contributed by atoms with Gasteiger partial charge in [-0.2, -0.15) is 10.5 Å². The number of carbonyl (C=O) groups excluding carboxylic acids is 4. The number of nitriles is 2. The fourth-order valence-electron chi connectivity index (χ4n) is 10.1. The number of fused-ring (bicyclic) bond motifs is 4. The number of hydrogen-bond acceptors (Lipinski definition) is 12. The van der Waals surface area contributed by atoms with Crippen LogP contribution in [0.1, 0.15) is 63.7 Å². The fourth-order valence-corrected chi connectivity index (χ4v) is 21.4. The van der Waals surface area contributed by atoms with Crippen LogP contribution in [0, 0.1) is 33.5 Å². The molecule has 10 unspecified atom stereocenters. The van der Waals surface area contributed by atoms with Crippen LogP contribution < -0.4 is 18.9 Å². The second kappa shape index (κ2) is 12.2. The fraction of sp³-hybridized carbons (Fsp3) is 0.500. The van der Waals surface area contributed by atoms with Crippen LogP contribution in [0.25, 0.3) is 0 Å². The highest BCUT2D eigenvalue weighted by Gasteiger charge is 2.82. The lowest BCUT2D eigenvalue weighted by molar-refractivity contribution is -0.159. The maximum atomic E-state index is 13.8. The van der Waals surface area contributed by atoms with Crippen molar-refractivity contribution in [2.75, 3.05) is 27.7 Å². The largest absolute Gasteiger partial charge is 0.454 e. The lowest BCUT2D eigenvalue weighted by Crippen LogP contribution is -2.60. The first-order valence-corrected chi connectivity index (χ1v) is 24.7. The predicted octanol–water partition coefficient (Wildman–Crippen LogP) is 3.92. The van der Waals surface area contributed by atoms with Gasteiger partial charge in [0.15, 0.2) is 42.5 Å². The summed E-state index contributed by atoms with van der Waals surface area (Å²) >= 11 is 18.3. The molecule has 10 rings (SSSR count). The smallest absolute Gasteiger partial charge is 0.261 e. The summed E-state index contributed by atoms with van der Waals surface area (Å²) in [7, 11) is 2.64. The van der Waals surface area contributed by atoms with E-state index in [1.54, 1.807) is 63.7 Å². The first kappa shape index (κ1) is 39.3. The van der Waals surface area contributed by atoms with E-state index in [9.17, 15) is 29.7 Å². The number of carbonyl (C=O) groups is 4. The summed E-state index contributed by atoms with van der Waals surface area (Å²) in [5.41, 5.74) is -0.690. The van der Waals surface area contributed by atoms with Crippen molar-refractivity contribution in [3.05, 3.63) is 44.3 Å². The lowest BCUT2D eigenvalue weighted by atomic mass is 9.79. The standard InChI is InChI=1S/C18H16BrN3O4S3.C18H16BrN3O4S2/c1-16(7-20)6-18-15(24)21(3)17(2,29(18)28-27)14(23)22(18)13(16)11-9(19)4-5-10-12(11)26-8-25-10;1-16(7-20)6-18-15(24)21(3)17(2,28(18)27)14(23)22(18)13(16)11-9(19)4-5-10-12(11)26-8-25-10/h4-5,13H,6,8H2,1-3H3;4-5,13H,6,8H2,1-3H3. The van der Waals surface area contributed by atoms with Crippen molar-refractivity contribution in [2.24, 2.45) is 10.8 Å². The van der Waals surface area contributed by atoms with Crippen molar-refractivity contribution in [2.45, 2.75) is 72.1 Å². The van der Waals surface area contributed by atoms with Gasteiger partial charge in [-0.1, -0.05) is 41.3 Å². The number of halogens is 2. The number of nitrogens with zero attached hydrogens (tertiary/aromatic N) is 6. The normalized spacial score (nSPS) is 39.7. The van der Waals surface area contributed by atoms with Crippen LogP contribution in [0.4, 0.5) is 0 Å². The van der Waals surface area contributed by atoms with Gasteiger partial charge in [-0.25, -0.2) is 0 Å². The molecule has 2 aromatic rings. The number of rotatable bonds is 2. The molecule has 14 nitrogen and oxygen atoms in total. The molecule has 2 spiro atoms. The first-order chi connectivity index (χ1) is 26.8. The minimum atomic E-state index is -1.17. The van der Waals surface area contributed by atoms with E-state index in [4.69, 9.17) is 41.3 Å². The van der Waals surface area contributed by atoms with E-state index < -0.39 is 61.3 Å². The van der Waals surface area contributed by atoms with E-state index in [1.165, 1.54) is 9.80 Å². The molecule has 6 fully saturated rings. The molecule has 21 heteroatoms. The summed E-state index contributed by atoms with van der Waals surface area (Å²) in [5.74, 6) is 1.42. The summed E-state index contributed by atoms with van der Waals surface area (Å²) in [6, 6.07) is 10.6. The number of benzene rings is 2. The van der Waals surface area contributed by atoms with Gasteiger partial charge in [0.1, 0.15) is 0 Å². The number of hydrogen-bond donors (Lipinski definition) is 0. The Balaban J connectivity index is 0.000000148. The van der Waals surface area contributed by atoms with E-state index in [-0.39, 0.29) is 50.1 Å². The molecule has 57 heavy (non-hydrogen) atoms. The van der Waals surface area contributed by atoms with Crippen LogP contribution in [0.5, 0.6) is 23.0 Å². The topological polar surface area (TPSA) is 166 Å². The Morgan fingerprint density at radius 1 is 0.719 bits per heavy atom. The minimum absolute atomic E-state index is 0.0681. The van der Waals surface area contributed by atoms with Gasteiger partial charge in [0.2, 0.25) is 13.6 Å². The third-order valence-corrected chi connectivity index (χ3v) is 24.4. The van der Waals surface area contributed by atoms with Crippen molar-refractivity contribution in [1.29, 1.82) is 10.5 Å². The highest BCUT2D eigenvalue weighted by Crippen LogP contribution is 2.68. The van der Waals surface area contributed by atoms with Gasteiger partial charge in [-0.3, -0.25) is 19.2 Å². The van der Waals surface area contributed by atoms with Gasteiger partial charge in [-0.15, -0.1) is 0 Å². The van der Waals surface area contributed by atoms with E-state index >= 15 is 0 Å². The SMILES string of the molecule is CN1C(=O)C23CC(C)(C#N)C(c4c(Br)ccc5c4OCO5)N2C(=O)C1(C)S3=S.CN1C(=O)C23CC(C)(C#N)C(c4c(Br)ccc5c4OCO5)N2C(=O)C1(C)S3=S=S. The van der Waals surface area contributed by atoms with Crippen molar-refractivity contribution in [3.63, 3.8) is 0 Å². The molecule has 8 aliphatic heterocycles. The van der Waals surface area contributed by atoms with Gasteiger partial charge in [0, 0.05) is 47.0 Å². The number of ether oxygens (including phenoxy) is 4. The molecule has 0 aromatic heterocycles. The Labute approximate surface area is 361 Å². The molecule has 4 amide bonds. The molecule has 6 saturated heterocycles. The van der Waals surface area contributed by atoms with Gasteiger partial charge >= 0.3 is 0 Å². The third-order valence-electron chi connectivity index (χ3n) is 13.0. The monoisotopic (exact) mass is 994 g/mol. The van der Waals surface area contributed by atoms with E-state index in [0.717, 1.165) is 8.88 Å². The second-order valence-corrected chi connectivity index (χ2v) is 25.3. The van der Waals surface area contributed by atoms with Crippen LogP contribution >= 0.6 is 31.9 Å². The lowest BCUT2D eigenvalue weighted by Gasteiger charge is -2.40. The Morgan fingerprint density at radius 3 is 1.61 bits per heavy atom. The van der Waals surface area contributed by atoms with Gasteiger partial charge in [-0.05, 0) is 92.7 Å². The Bertz CT molecular complexity index is 2530. The van der Waals surface area contributed by atoms with Gasteiger partial charge in [0.05, 0.1) is 35.1 Å². The highest BCUT2D eigenvalue weighted by molar-refractivity contribution is 9.10. The minimum Gasteiger partial charge on any atom is -0.454 e. The van der Waals surface area contributed by atoms with Crippen molar-refractivity contribution >= 4 is 106 Å². The summed E-state index contributed by atoms with van der Waals surface area (Å²) < 4.78 is 23.9. The summed E-state index contributed by atoms with van der Waals surface area (Å²) in [4.78, 5) is 56.1. The molecule has 8 aliphatic rings. The average molecular weight is 997 g/mol. The quantitative estimate of drug-likeness (QED) is 0.427. The number of piperazine rings is 2. The van der Waals surface area contributed by atoms with Crippen LogP contribution in [-0.4, -0.2) is 90.4 Å². The molecular weight excluding hydrogens is 965 g/mol. The number of likely N-dealkylation sites (N-methyl/N-ethyl adjacent to an activating group) is 2. The predicted molar refractivity (Wildman–Crippen MR) is 221 cm³/mol. The Kier molecular flexibility index (Phi) is 8.41. The van der Waals surface area contributed by atoms with Crippen LogP contribution in [0.3, 0.4) is 0 Å². The van der Waals surface area contributed by atoms with Gasteiger partial charge < -0.3 is 38.5 Å². The van der Waals surface area contributed by atoms with Crippen LogP contribution in [-0.2, 0) is 69.3 Å². The molecule has 0 N–H and O–H groups in total. The van der Waals surface area contributed by atoms with E-state index in [0.29, 0.717) is 43.1 Å². The maximum absolute atomic E-state index is 13.8. The molecule has 4 bridgehead atoms. The molecule has 0 saturated carbocycles. The molecule has 0 radical (unpaired) electrons. The van der Waals surface area contributed by atoms with Crippen molar-refractivity contribution in [1.82, 2.24) is 19.6 Å². The molecule has 0 aliphatic carbocycles. The zero-order valence-corrected chi connectivity index (χ0v) is 38.3. The average Bonchev–Trinajstić information content (AvgIpc) is 4.05. The zero-order chi connectivity index (χ0) is 41.2. The van der Waals surface area contributed by atoms with Crippen LogP contribution in [0.15, 0.2) is 33.2 Å². The summed E-state index contributed by atoms with van der Waals surface area (Å²) in [6.07, 6.45) is 0.435. The van der Waals surface area contributed by atoms with Crippen molar-refractivity contribution < 1.29 is 38.1 Å². The molecule has 298 valence electrons. The second-order valence-electron chi connectivity index (χ2n) is 15.8. The maximum Gasteiger partial charge on any atom is 0.261 e. The first-order valence-electron chi connectivity index (χ1n) is 17.5. The molecule has 8 heterocycles. The van der Waals surface area contributed by atoms with E-state index in [2.05, 4.69) is 44.0 Å². The Morgan fingerprint density at radius 2 is 1.14 bits per heavy atom. The number of amides is 4. The zero-order valence-electron chi connectivity index (χ0n) is 31.0. The highest BCUT2D eigenvalue weighted by atomic mass is 79.9. The van der Waals surface area contributed by atoms with Crippen molar-refractivity contribution in [3.8, 4) is 35.1 Å². The molecule has 2 aromatic carbocycles. The van der Waals surface area contributed by atoms with Gasteiger partial charge in [0.25, 0.3) is 23.6 Å².